The Labute approximate surface area is 122 Å². The fourth-order valence-electron chi connectivity index (χ4n) is 2.14. The first-order valence-corrected chi connectivity index (χ1v) is 6.49. The number of hydrazine groups is 1. The lowest BCUT2D eigenvalue weighted by Crippen LogP contribution is -2.10. The van der Waals surface area contributed by atoms with E-state index >= 15 is 0 Å². The molecule has 2 heterocycles. The summed E-state index contributed by atoms with van der Waals surface area (Å²) >= 11 is 0. The minimum atomic E-state index is 0.402. The van der Waals surface area contributed by atoms with Crippen molar-refractivity contribution in [3.63, 3.8) is 0 Å². The highest BCUT2D eigenvalue weighted by atomic mass is 16.5. The molecule has 106 valence electrons. The maximum Gasteiger partial charge on any atom is 0.161 e. The van der Waals surface area contributed by atoms with Gasteiger partial charge in [0.05, 0.1) is 17.8 Å². The van der Waals surface area contributed by atoms with Crippen molar-refractivity contribution < 1.29 is 4.74 Å². The Bertz CT molecular complexity index is 775. The molecule has 0 saturated carbocycles. The largest absolute Gasteiger partial charge is 0.378 e. The third-order valence-corrected chi connectivity index (χ3v) is 3.08. The van der Waals surface area contributed by atoms with Crippen molar-refractivity contribution in [1.82, 2.24) is 15.0 Å². The topological polar surface area (TPSA) is 86.0 Å². The minimum Gasteiger partial charge on any atom is -0.378 e. The van der Waals surface area contributed by atoms with E-state index in [1.807, 2.05) is 30.3 Å². The monoisotopic (exact) mass is 281 g/mol. The Morgan fingerprint density at radius 2 is 2.10 bits per heavy atom. The number of hydrogen-bond acceptors (Lipinski definition) is 6. The number of aromatic nitrogens is 3. The van der Waals surface area contributed by atoms with Crippen molar-refractivity contribution in [2.75, 3.05) is 12.5 Å². The summed E-state index contributed by atoms with van der Waals surface area (Å²) in [7, 11) is 1.62. The average molecular weight is 281 g/mol. The highest BCUT2D eigenvalue weighted by Crippen LogP contribution is 2.22. The van der Waals surface area contributed by atoms with Crippen molar-refractivity contribution in [3.8, 4) is 11.4 Å². The Morgan fingerprint density at radius 3 is 2.90 bits per heavy atom. The van der Waals surface area contributed by atoms with Crippen LogP contribution in [-0.4, -0.2) is 22.1 Å². The van der Waals surface area contributed by atoms with Crippen LogP contribution < -0.4 is 11.3 Å². The molecule has 6 nitrogen and oxygen atoms in total. The Kier molecular flexibility index (Phi) is 3.72. The number of nitrogen functional groups attached to an aromatic ring is 1. The Hall–Kier alpha value is -2.57. The summed E-state index contributed by atoms with van der Waals surface area (Å²) in [5.41, 5.74) is 5.16. The number of rotatable bonds is 4. The molecule has 0 aliphatic heterocycles. The Morgan fingerprint density at radius 1 is 1.19 bits per heavy atom. The molecule has 0 fully saturated rings. The molecule has 2 aromatic heterocycles. The zero-order chi connectivity index (χ0) is 14.7. The number of methoxy groups -OCH3 is 1. The van der Waals surface area contributed by atoms with Gasteiger partial charge < -0.3 is 10.2 Å². The second-order valence-corrected chi connectivity index (χ2v) is 4.56. The number of nitrogens with one attached hydrogen (secondary N) is 1. The van der Waals surface area contributed by atoms with E-state index in [0.717, 1.165) is 22.2 Å². The molecule has 0 spiro atoms. The maximum atomic E-state index is 5.46. The van der Waals surface area contributed by atoms with Crippen LogP contribution in [0.2, 0.25) is 0 Å². The lowest BCUT2D eigenvalue weighted by molar-refractivity contribution is 0.181. The highest BCUT2D eigenvalue weighted by molar-refractivity contribution is 5.83. The number of nitrogens with zero attached hydrogens (tertiary/aromatic N) is 3. The second kappa shape index (κ2) is 5.82. The van der Waals surface area contributed by atoms with E-state index in [2.05, 4.69) is 20.4 Å². The molecule has 6 heteroatoms. The molecule has 0 bridgehead atoms. The molecule has 0 amide bonds. The number of fused-ring (bicyclic) bond motifs is 1. The van der Waals surface area contributed by atoms with Crippen LogP contribution in [0.15, 0.2) is 42.6 Å². The van der Waals surface area contributed by atoms with Crippen molar-refractivity contribution in [2.45, 2.75) is 6.61 Å². The van der Waals surface area contributed by atoms with E-state index in [1.54, 1.807) is 19.4 Å². The number of benzene rings is 1. The molecule has 3 rings (SSSR count). The molecule has 0 unspecified atom stereocenters. The summed E-state index contributed by atoms with van der Waals surface area (Å²) in [5.74, 6) is 6.62. The van der Waals surface area contributed by atoms with E-state index in [1.165, 1.54) is 0 Å². The van der Waals surface area contributed by atoms with E-state index in [4.69, 9.17) is 10.6 Å². The minimum absolute atomic E-state index is 0.402. The number of pyridine rings is 1. The van der Waals surface area contributed by atoms with Gasteiger partial charge in [0, 0.05) is 30.3 Å². The maximum absolute atomic E-state index is 5.46. The molecular weight excluding hydrogens is 266 g/mol. The first-order valence-electron chi connectivity index (χ1n) is 6.49. The van der Waals surface area contributed by atoms with Crippen molar-refractivity contribution >= 4 is 16.7 Å². The molecule has 0 saturated heterocycles. The van der Waals surface area contributed by atoms with Gasteiger partial charge in [-0.15, -0.1) is 0 Å². The van der Waals surface area contributed by atoms with Crippen LogP contribution in [0.1, 0.15) is 5.69 Å². The van der Waals surface area contributed by atoms with Crippen molar-refractivity contribution in [2.24, 2.45) is 5.84 Å². The van der Waals surface area contributed by atoms with Crippen molar-refractivity contribution in [1.29, 1.82) is 0 Å². The van der Waals surface area contributed by atoms with Gasteiger partial charge in [-0.25, -0.2) is 15.8 Å². The van der Waals surface area contributed by atoms with Gasteiger partial charge in [-0.2, -0.15) is 0 Å². The smallest absolute Gasteiger partial charge is 0.161 e. The van der Waals surface area contributed by atoms with Gasteiger partial charge in [0.15, 0.2) is 5.82 Å². The Balaban J connectivity index is 2.10. The van der Waals surface area contributed by atoms with Crippen LogP contribution in [0.4, 0.5) is 5.82 Å². The number of ether oxygens (including phenoxy) is 1. The first-order chi connectivity index (χ1) is 10.3. The van der Waals surface area contributed by atoms with E-state index < -0.39 is 0 Å². The van der Waals surface area contributed by atoms with Crippen molar-refractivity contribution in [3.05, 3.63) is 48.3 Å². The van der Waals surface area contributed by atoms with Crippen LogP contribution in [0.5, 0.6) is 0 Å². The predicted molar refractivity (Wildman–Crippen MR) is 81.3 cm³/mol. The van der Waals surface area contributed by atoms with Crippen LogP contribution in [0.3, 0.4) is 0 Å². The van der Waals surface area contributed by atoms with Crippen LogP contribution in [0, 0.1) is 0 Å². The van der Waals surface area contributed by atoms with Gasteiger partial charge in [0.25, 0.3) is 0 Å². The van der Waals surface area contributed by atoms with Crippen LogP contribution in [-0.2, 0) is 11.3 Å². The normalized spacial score (nSPS) is 10.8. The zero-order valence-electron chi connectivity index (χ0n) is 11.6. The molecule has 0 aliphatic rings. The summed E-state index contributed by atoms with van der Waals surface area (Å²) in [4.78, 5) is 13.2. The molecule has 0 atom stereocenters. The third kappa shape index (κ3) is 2.81. The van der Waals surface area contributed by atoms with Crippen LogP contribution in [0.25, 0.3) is 22.3 Å². The lowest BCUT2D eigenvalue weighted by Gasteiger charge is -2.08. The van der Waals surface area contributed by atoms with Gasteiger partial charge in [-0.3, -0.25) is 4.98 Å². The van der Waals surface area contributed by atoms with Gasteiger partial charge in [-0.1, -0.05) is 6.07 Å². The molecule has 3 N–H and O–H groups in total. The number of hydrogen-bond donors (Lipinski definition) is 2. The standard InChI is InChI=1S/C15H15N5O/c1-21-9-12-8-14(20-16)19-15(18-12)11-4-5-13-10(7-11)3-2-6-17-13/h2-8H,9,16H2,1H3,(H,18,19,20). The lowest BCUT2D eigenvalue weighted by atomic mass is 10.1. The number of anilines is 1. The second-order valence-electron chi connectivity index (χ2n) is 4.56. The fraction of sp³-hybridized carbons (Fsp3) is 0.133. The predicted octanol–water partition coefficient (Wildman–Crippen LogP) is 2.12. The SMILES string of the molecule is COCc1cc(NN)nc(-c2ccc3ncccc3c2)n1. The molecule has 0 aliphatic carbocycles. The quantitative estimate of drug-likeness (QED) is 0.563. The summed E-state index contributed by atoms with van der Waals surface area (Å²) < 4.78 is 5.12. The number of nitrogens with two attached hydrogens (primary N) is 1. The molecule has 3 aromatic rings. The first kappa shape index (κ1) is 13.4. The fourth-order valence-corrected chi connectivity index (χ4v) is 2.14. The molecular formula is C15H15N5O. The van der Waals surface area contributed by atoms with E-state index in [0.29, 0.717) is 18.2 Å². The average Bonchev–Trinajstić information content (AvgIpc) is 2.54. The third-order valence-electron chi connectivity index (χ3n) is 3.08. The van der Waals surface area contributed by atoms with Gasteiger partial charge in [0.2, 0.25) is 0 Å². The van der Waals surface area contributed by atoms with Gasteiger partial charge in [-0.05, 0) is 24.3 Å². The van der Waals surface area contributed by atoms with Gasteiger partial charge >= 0.3 is 0 Å². The van der Waals surface area contributed by atoms with E-state index in [9.17, 15) is 0 Å². The summed E-state index contributed by atoms with van der Waals surface area (Å²) in [5, 5.41) is 1.04. The summed E-state index contributed by atoms with van der Waals surface area (Å²) in [6.45, 7) is 0.402. The summed E-state index contributed by atoms with van der Waals surface area (Å²) in [6.07, 6.45) is 1.77. The molecule has 0 radical (unpaired) electrons. The highest BCUT2D eigenvalue weighted by Gasteiger charge is 2.07. The van der Waals surface area contributed by atoms with Crippen LogP contribution >= 0.6 is 0 Å². The summed E-state index contributed by atoms with van der Waals surface area (Å²) in [6, 6.07) is 11.6. The zero-order valence-corrected chi connectivity index (χ0v) is 11.6. The molecule has 1 aromatic carbocycles. The van der Waals surface area contributed by atoms with Gasteiger partial charge in [0.1, 0.15) is 5.82 Å². The van der Waals surface area contributed by atoms with E-state index in [-0.39, 0.29) is 0 Å². The molecule has 21 heavy (non-hydrogen) atoms.